The molecular formula is C11H18N2O5S. The predicted molar refractivity (Wildman–Crippen MR) is 66.9 cm³/mol. The van der Waals surface area contributed by atoms with Gasteiger partial charge in [-0.3, -0.25) is 4.79 Å². The number of hydrogen-bond acceptors (Lipinski definition) is 4. The van der Waals surface area contributed by atoms with Gasteiger partial charge in [-0.25, -0.2) is 17.5 Å². The molecule has 1 heterocycles. The second kappa shape index (κ2) is 4.75. The van der Waals surface area contributed by atoms with Gasteiger partial charge in [0.05, 0.1) is 12.2 Å². The molecule has 19 heavy (non-hydrogen) atoms. The van der Waals surface area contributed by atoms with Crippen molar-refractivity contribution in [2.45, 2.75) is 31.2 Å². The van der Waals surface area contributed by atoms with E-state index in [1.54, 1.807) is 0 Å². The number of carboxylic acids is 1. The first-order valence-electron chi connectivity index (χ1n) is 6.25. The zero-order valence-electron chi connectivity index (χ0n) is 10.8. The lowest BCUT2D eigenvalue weighted by Gasteiger charge is -2.30. The molecule has 1 atom stereocenters. The molecule has 2 fully saturated rings. The van der Waals surface area contributed by atoms with Crippen LogP contribution in [0.3, 0.4) is 0 Å². The van der Waals surface area contributed by atoms with Crippen molar-refractivity contribution in [2.75, 3.05) is 19.3 Å². The van der Waals surface area contributed by atoms with Gasteiger partial charge in [0.2, 0.25) is 15.9 Å². The second-order valence-electron chi connectivity index (χ2n) is 5.34. The largest absolute Gasteiger partial charge is 0.480 e. The summed E-state index contributed by atoms with van der Waals surface area (Å²) >= 11 is 0. The normalized spacial score (nSPS) is 26.7. The number of sulfonamides is 1. The van der Waals surface area contributed by atoms with E-state index in [1.807, 2.05) is 0 Å². The molecule has 2 N–H and O–H groups in total. The predicted octanol–water partition coefficient (Wildman–Crippen LogP) is -0.609. The maximum Gasteiger partial charge on any atom is 0.329 e. The van der Waals surface area contributed by atoms with Crippen molar-refractivity contribution < 1.29 is 23.1 Å². The molecular weight excluding hydrogens is 272 g/mol. The topological polar surface area (TPSA) is 104 Å². The summed E-state index contributed by atoms with van der Waals surface area (Å²) < 4.78 is 24.2. The monoisotopic (exact) mass is 290 g/mol. The van der Waals surface area contributed by atoms with E-state index in [1.165, 1.54) is 4.31 Å². The minimum Gasteiger partial charge on any atom is -0.480 e. The Balaban J connectivity index is 1.98. The molecule has 1 unspecified atom stereocenters. The van der Waals surface area contributed by atoms with Crippen LogP contribution in [0, 0.1) is 5.92 Å². The molecule has 1 saturated heterocycles. The van der Waals surface area contributed by atoms with E-state index >= 15 is 0 Å². The summed E-state index contributed by atoms with van der Waals surface area (Å²) in [4.78, 5) is 23.0. The molecule has 0 bridgehead atoms. The standard InChI is InChI=1S/C11H18N2O5S/c1-19(17,18)13-6-2-3-8(7-13)9(14)12-11(4-5-11)10(15)16/h8H,2-7H2,1H3,(H,12,14)(H,15,16). The van der Waals surface area contributed by atoms with Crippen molar-refractivity contribution in [2.24, 2.45) is 5.92 Å². The molecule has 108 valence electrons. The van der Waals surface area contributed by atoms with Crippen LogP contribution in [-0.4, -0.2) is 54.6 Å². The second-order valence-corrected chi connectivity index (χ2v) is 7.32. The average molecular weight is 290 g/mol. The van der Waals surface area contributed by atoms with Crippen LogP contribution in [-0.2, 0) is 19.6 Å². The third kappa shape index (κ3) is 3.06. The Morgan fingerprint density at radius 1 is 1.37 bits per heavy atom. The molecule has 8 heteroatoms. The summed E-state index contributed by atoms with van der Waals surface area (Å²) in [6.07, 6.45) is 3.21. The highest BCUT2D eigenvalue weighted by atomic mass is 32.2. The Morgan fingerprint density at radius 2 is 2.00 bits per heavy atom. The number of carboxylic acid groups (broad SMARTS) is 1. The first-order chi connectivity index (χ1) is 8.74. The molecule has 2 rings (SSSR count). The molecule has 0 aromatic rings. The number of carbonyl (C=O) groups is 2. The average Bonchev–Trinajstić information content (AvgIpc) is 3.09. The highest BCUT2D eigenvalue weighted by Crippen LogP contribution is 2.36. The van der Waals surface area contributed by atoms with E-state index < -0.39 is 27.4 Å². The molecule has 0 radical (unpaired) electrons. The molecule has 1 aliphatic heterocycles. The van der Waals surface area contributed by atoms with E-state index in [-0.39, 0.29) is 12.5 Å². The number of nitrogens with one attached hydrogen (secondary N) is 1. The summed E-state index contributed by atoms with van der Waals surface area (Å²) in [5.74, 6) is -1.83. The molecule has 7 nitrogen and oxygen atoms in total. The number of carbonyl (C=O) groups excluding carboxylic acids is 1. The Labute approximate surface area is 112 Å². The molecule has 0 aromatic carbocycles. The molecule has 0 spiro atoms. The van der Waals surface area contributed by atoms with Gasteiger partial charge in [0.15, 0.2) is 0 Å². The fraction of sp³-hybridized carbons (Fsp3) is 0.818. The summed E-state index contributed by atoms with van der Waals surface area (Å²) in [5.41, 5.74) is -1.11. The van der Waals surface area contributed by atoms with Gasteiger partial charge in [0.25, 0.3) is 0 Å². The fourth-order valence-corrected chi connectivity index (χ4v) is 3.22. The maximum absolute atomic E-state index is 12.0. The van der Waals surface area contributed by atoms with Gasteiger partial charge >= 0.3 is 5.97 Å². The third-order valence-corrected chi connectivity index (χ3v) is 5.02. The lowest BCUT2D eigenvalue weighted by molar-refractivity contribution is -0.144. The summed E-state index contributed by atoms with van der Waals surface area (Å²) in [7, 11) is -3.30. The molecule has 0 aromatic heterocycles. The highest BCUT2D eigenvalue weighted by Gasteiger charge is 2.52. The van der Waals surface area contributed by atoms with Crippen molar-refractivity contribution in [3.05, 3.63) is 0 Å². The minimum absolute atomic E-state index is 0.139. The number of amides is 1. The first-order valence-corrected chi connectivity index (χ1v) is 8.10. The van der Waals surface area contributed by atoms with Crippen molar-refractivity contribution in [1.29, 1.82) is 0 Å². The van der Waals surface area contributed by atoms with E-state index in [0.717, 1.165) is 6.26 Å². The number of rotatable bonds is 4. The van der Waals surface area contributed by atoms with Crippen LogP contribution in [0.1, 0.15) is 25.7 Å². The summed E-state index contributed by atoms with van der Waals surface area (Å²) in [6.45, 7) is 0.563. The summed E-state index contributed by atoms with van der Waals surface area (Å²) in [5, 5.41) is 11.6. The van der Waals surface area contributed by atoms with Gasteiger partial charge in [0.1, 0.15) is 5.54 Å². The van der Waals surface area contributed by atoms with Crippen LogP contribution in [0.2, 0.25) is 0 Å². The Bertz CT molecular complexity index is 497. The Morgan fingerprint density at radius 3 is 2.47 bits per heavy atom. The molecule has 1 saturated carbocycles. The van der Waals surface area contributed by atoms with E-state index in [2.05, 4.69) is 5.32 Å². The quantitative estimate of drug-likeness (QED) is 0.719. The van der Waals surface area contributed by atoms with E-state index in [0.29, 0.717) is 32.2 Å². The number of nitrogens with zero attached hydrogens (tertiary/aromatic N) is 1. The Kier molecular flexibility index (Phi) is 3.57. The highest BCUT2D eigenvalue weighted by molar-refractivity contribution is 7.88. The first kappa shape index (κ1) is 14.3. The minimum atomic E-state index is -3.30. The van der Waals surface area contributed by atoms with Crippen LogP contribution < -0.4 is 5.32 Å². The van der Waals surface area contributed by atoms with Crippen molar-refractivity contribution in [1.82, 2.24) is 9.62 Å². The van der Waals surface area contributed by atoms with Gasteiger partial charge in [-0.15, -0.1) is 0 Å². The van der Waals surface area contributed by atoms with Crippen molar-refractivity contribution in [3.8, 4) is 0 Å². The van der Waals surface area contributed by atoms with Gasteiger partial charge in [-0.05, 0) is 25.7 Å². The molecule has 1 aliphatic carbocycles. The zero-order chi connectivity index (χ0) is 14.3. The lowest BCUT2D eigenvalue weighted by Crippen LogP contribution is -2.50. The van der Waals surface area contributed by atoms with Crippen molar-refractivity contribution in [3.63, 3.8) is 0 Å². The zero-order valence-corrected chi connectivity index (χ0v) is 11.6. The van der Waals surface area contributed by atoms with Gasteiger partial charge in [-0.2, -0.15) is 0 Å². The molecule has 2 aliphatic rings. The Hall–Kier alpha value is -1.15. The maximum atomic E-state index is 12.0. The SMILES string of the molecule is CS(=O)(=O)N1CCCC(C(=O)NC2(C(=O)O)CC2)C1. The number of piperidine rings is 1. The smallest absolute Gasteiger partial charge is 0.329 e. The fourth-order valence-electron chi connectivity index (χ4n) is 2.31. The van der Waals surface area contributed by atoms with Crippen molar-refractivity contribution >= 4 is 21.9 Å². The van der Waals surface area contributed by atoms with Crippen LogP contribution in [0.25, 0.3) is 0 Å². The van der Waals surface area contributed by atoms with Crippen LogP contribution >= 0.6 is 0 Å². The van der Waals surface area contributed by atoms with Gasteiger partial charge < -0.3 is 10.4 Å². The van der Waals surface area contributed by atoms with Crippen LogP contribution in [0.15, 0.2) is 0 Å². The lowest BCUT2D eigenvalue weighted by atomic mass is 9.98. The summed E-state index contributed by atoms with van der Waals surface area (Å²) in [6, 6.07) is 0. The van der Waals surface area contributed by atoms with Crippen LogP contribution in [0.4, 0.5) is 0 Å². The van der Waals surface area contributed by atoms with Crippen LogP contribution in [0.5, 0.6) is 0 Å². The number of aliphatic carboxylic acids is 1. The van der Waals surface area contributed by atoms with Gasteiger partial charge in [0, 0.05) is 13.1 Å². The van der Waals surface area contributed by atoms with Gasteiger partial charge in [-0.1, -0.05) is 0 Å². The van der Waals surface area contributed by atoms with E-state index in [4.69, 9.17) is 5.11 Å². The third-order valence-electron chi connectivity index (χ3n) is 3.75. The van der Waals surface area contributed by atoms with E-state index in [9.17, 15) is 18.0 Å². The number of hydrogen-bond donors (Lipinski definition) is 2. The molecule has 1 amide bonds.